The van der Waals surface area contributed by atoms with Crippen LogP contribution in [0.2, 0.25) is 5.02 Å². The van der Waals surface area contributed by atoms with Crippen molar-refractivity contribution in [1.29, 1.82) is 0 Å². The van der Waals surface area contributed by atoms with E-state index in [0.29, 0.717) is 28.8 Å². The molecule has 5 nitrogen and oxygen atoms in total. The van der Waals surface area contributed by atoms with Crippen molar-refractivity contribution >= 4 is 17.6 Å². The molecule has 0 aliphatic heterocycles. The molecule has 0 bridgehead atoms. The normalized spacial score (nSPS) is 10.7. The predicted molar refractivity (Wildman–Crippen MR) is 80.8 cm³/mol. The van der Waals surface area contributed by atoms with Crippen molar-refractivity contribution in [2.75, 3.05) is 6.61 Å². The molecule has 2 aromatic rings. The number of carbonyl (C=O) groups is 1. The molecule has 0 amide bonds. The smallest absolute Gasteiger partial charge is 0.356 e. The highest BCUT2D eigenvalue weighted by Gasteiger charge is 2.13. The zero-order valence-electron chi connectivity index (χ0n) is 12.1. The molecule has 0 spiro atoms. The van der Waals surface area contributed by atoms with Gasteiger partial charge in [0, 0.05) is 5.56 Å². The third-order valence-corrected chi connectivity index (χ3v) is 2.96. The summed E-state index contributed by atoms with van der Waals surface area (Å²) in [6.07, 6.45) is 0.0501. The summed E-state index contributed by atoms with van der Waals surface area (Å²) in [7, 11) is 0. The number of halogens is 1. The Balaban J connectivity index is 2.23. The van der Waals surface area contributed by atoms with Crippen LogP contribution in [0, 0.1) is 0 Å². The van der Waals surface area contributed by atoms with E-state index in [2.05, 4.69) is 10.2 Å². The predicted octanol–water partition coefficient (Wildman–Crippen LogP) is 3.69. The first-order valence-electron chi connectivity index (χ1n) is 6.70. The van der Waals surface area contributed by atoms with E-state index >= 15 is 0 Å². The number of hydrogen-bond donors (Lipinski definition) is 1. The fourth-order valence-corrected chi connectivity index (χ4v) is 2.02. The molecular formula is C15H17ClN2O3. The van der Waals surface area contributed by atoms with Gasteiger partial charge in [-0.15, -0.1) is 0 Å². The highest BCUT2D eigenvalue weighted by Crippen LogP contribution is 2.30. The number of benzene rings is 1. The molecular weight excluding hydrogens is 292 g/mol. The maximum atomic E-state index is 11.6. The molecule has 0 fully saturated rings. The lowest BCUT2D eigenvalue weighted by Crippen LogP contribution is -2.05. The number of nitrogens with zero attached hydrogens (tertiary/aromatic N) is 1. The van der Waals surface area contributed by atoms with Crippen molar-refractivity contribution in [3.05, 3.63) is 35.0 Å². The summed E-state index contributed by atoms with van der Waals surface area (Å²) in [6, 6.07) is 7.02. The van der Waals surface area contributed by atoms with Gasteiger partial charge in [0.1, 0.15) is 11.4 Å². The van der Waals surface area contributed by atoms with Gasteiger partial charge in [-0.25, -0.2) is 4.79 Å². The molecule has 112 valence electrons. The van der Waals surface area contributed by atoms with Crippen LogP contribution < -0.4 is 4.74 Å². The molecule has 0 saturated heterocycles. The Kier molecular flexibility index (Phi) is 4.85. The number of aromatic nitrogens is 2. The lowest BCUT2D eigenvalue weighted by molar-refractivity contribution is 0.0519. The molecule has 0 radical (unpaired) electrons. The summed E-state index contributed by atoms with van der Waals surface area (Å²) in [4.78, 5) is 11.6. The van der Waals surface area contributed by atoms with E-state index in [1.54, 1.807) is 25.1 Å². The Morgan fingerprint density at radius 2 is 2.14 bits per heavy atom. The van der Waals surface area contributed by atoms with Crippen LogP contribution in [0.15, 0.2) is 24.3 Å². The zero-order valence-corrected chi connectivity index (χ0v) is 12.9. The zero-order chi connectivity index (χ0) is 15.4. The summed E-state index contributed by atoms with van der Waals surface area (Å²) in [6.45, 7) is 5.94. The minimum atomic E-state index is -0.429. The molecule has 0 atom stereocenters. The summed E-state index contributed by atoms with van der Waals surface area (Å²) in [5.74, 6) is 0.193. The molecule has 0 saturated carbocycles. The minimum Gasteiger partial charge on any atom is -0.489 e. The molecule has 0 unspecified atom stereocenters. The molecule has 6 heteroatoms. The van der Waals surface area contributed by atoms with Crippen LogP contribution in [-0.2, 0) is 4.74 Å². The van der Waals surface area contributed by atoms with E-state index in [4.69, 9.17) is 21.1 Å². The van der Waals surface area contributed by atoms with Crippen molar-refractivity contribution < 1.29 is 14.3 Å². The largest absolute Gasteiger partial charge is 0.489 e. The van der Waals surface area contributed by atoms with Gasteiger partial charge in [-0.3, -0.25) is 5.10 Å². The molecule has 1 heterocycles. The number of aromatic amines is 1. The van der Waals surface area contributed by atoms with Gasteiger partial charge in [0.05, 0.1) is 23.4 Å². The molecule has 0 aliphatic rings. The Bertz CT molecular complexity index is 638. The Morgan fingerprint density at radius 3 is 2.76 bits per heavy atom. The highest BCUT2D eigenvalue weighted by atomic mass is 35.5. The molecule has 1 N–H and O–H groups in total. The second-order valence-corrected chi connectivity index (χ2v) is 5.11. The van der Waals surface area contributed by atoms with E-state index < -0.39 is 5.97 Å². The van der Waals surface area contributed by atoms with E-state index in [9.17, 15) is 4.79 Å². The highest BCUT2D eigenvalue weighted by molar-refractivity contribution is 6.32. The van der Waals surface area contributed by atoms with Crippen LogP contribution >= 0.6 is 11.6 Å². The second-order valence-electron chi connectivity index (χ2n) is 4.70. The average molecular weight is 309 g/mol. The van der Waals surface area contributed by atoms with Gasteiger partial charge in [0.25, 0.3) is 0 Å². The van der Waals surface area contributed by atoms with E-state index in [-0.39, 0.29) is 6.10 Å². The van der Waals surface area contributed by atoms with Crippen molar-refractivity contribution in [1.82, 2.24) is 10.2 Å². The van der Waals surface area contributed by atoms with Gasteiger partial charge in [0.2, 0.25) is 0 Å². The number of ether oxygens (including phenoxy) is 2. The van der Waals surface area contributed by atoms with Crippen LogP contribution in [-0.4, -0.2) is 28.9 Å². The van der Waals surface area contributed by atoms with Gasteiger partial charge in [-0.1, -0.05) is 11.6 Å². The lowest BCUT2D eigenvalue weighted by atomic mass is 10.1. The SMILES string of the molecule is CCOC(=O)c1cc(-c2ccc(OC(C)C)c(Cl)c2)n[nH]1. The maximum absolute atomic E-state index is 11.6. The average Bonchev–Trinajstić information content (AvgIpc) is 2.90. The van der Waals surface area contributed by atoms with Crippen LogP contribution in [0.3, 0.4) is 0 Å². The fraction of sp³-hybridized carbons (Fsp3) is 0.333. The Labute approximate surface area is 128 Å². The third-order valence-electron chi connectivity index (χ3n) is 2.66. The van der Waals surface area contributed by atoms with Gasteiger partial charge in [0.15, 0.2) is 0 Å². The van der Waals surface area contributed by atoms with Crippen LogP contribution in [0.25, 0.3) is 11.3 Å². The van der Waals surface area contributed by atoms with Gasteiger partial charge in [-0.2, -0.15) is 5.10 Å². The molecule has 2 rings (SSSR count). The van der Waals surface area contributed by atoms with E-state index in [0.717, 1.165) is 5.56 Å². The molecule has 0 aliphatic carbocycles. The quantitative estimate of drug-likeness (QED) is 0.855. The summed E-state index contributed by atoms with van der Waals surface area (Å²) >= 11 is 6.19. The Hall–Kier alpha value is -2.01. The molecule has 1 aromatic carbocycles. The number of nitrogens with one attached hydrogen (secondary N) is 1. The standard InChI is InChI=1S/C15H17ClN2O3/c1-4-20-15(19)13-8-12(17-18-13)10-5-6-14(11(16)7-10)21-9(2)3/h5-9H,4H2,1-3H3,(H,17,18). The second kappa shape index (κ2) is 6.63. The molecule has 1 aromatic heterocycles. The third kappa shape index (κ3) is 3.76. The first-order chi connectivity index (χ1) is 10.0. The topological polar surface area (TPSA) is 64.2 Å². The number of hydrogen-bond acceptors (Lipinski definition) is 4. The van der Waals surface area contributed by atoms with Crippen molar-refractivity contribution in [2.45, 2.75) is 26.9 Å². The minimum absolute atomic E-state index is 0.0501. The Morgan fingerprint density at radius 1 is 1.38 bits per heavy atom. The lowest BCUT2D eigenvalue weighted by Gasteiger charge is -2.11. The monoisotopic (exact) mass is 308 g/mol. The van der Waals surface area contributed by atoms with Gasteiger partial charge < -0.3 is 9.47 Å². The van der Waals surface area contributed by atoms with Gasteiger partial charge in [-0.05, 0) is 45.0 Å². The van der Waals surface area contributed by atoms with E-state index in [1.807, 2.05) is 19.9 Å². The fourth-order valence-electron chi connectivity index (χ4n) is 1.79. The van der Waals surface area contributed by atoms with Crippen molar-refractivity contribution in [3.8, 4) is 17.0 Å². The van der Waals surface area contributed by atoms with Crippen LogP contribution in [0.1, 0.15) is 31.3 Å². The van der Waals surface area contributed by atoms with Crippen molar-refractivity contribution in [2.24, 2.45) is 0 Å². The van der Waals surface area contributed by atoms with Crippen LogP contribution in [0.4, 0.5) is 0 Å². The van der Waals surface area contributed by atoms with Crippen LogP contribution in [0.5, 0.6) is 5.75 Å². The first-order valence-corrected chi connectivity index (χ1v) is 7.08. The summed E-state index contributed by atoms with van der Waals surface area (Å²) < 4.78 is 10.5. The summed E-state index contributed by atoms with van der Waals surface area (Å²) in [5, 5.41) is 7.25. The van der Waals surface area contributed by atoms with E-state index in [1.165, 1.54) is 0 Å². The summed E-state index contributed by atoms with van der Waals surface area (Å²) in [5.41, 5.74) is 1.73. The van der Waals surface area contributed by atoms with Gasteiger partial charge >= 0.3 is 5.97 Å². The number of rotatable bonds is 5. The number of esters is 1. The first kappa shape index (κ1) is 15.4. The number of H-pyrrole nitrogens is 1. The molecule has 21 heavy (non-hydrogen) atoms. The number of carbonyl (C=O) groups excluding carboxylic acids is 1. The maximum Gasteiger partial charge on any atom is 0.356 e. The van der Waals surface area contributed by atoms with Crippen molar-refractivity contribution in [3.63, 3.8) is 0 Å².